The number of carbonyl (C=O) groups is 1. The lowest BCUT2D eigenvalue weighted by Gasteiger charge is -2.56. The number of amides is 1. The predicted octanol–water partition coefficient (Wildman–Crippen LogP) is 3.65. The van der Waals surface area contributed by atoms with E-state index in [1.165, 1.54) is 50.8 Å². The van der Waals surface area contributed by atoms with Gasteiger partial charge in [0.2, 0.25) is 5.91 Å². The third-order valence-electron chi connectivity index (χ3n) is 6.23. The Hall–Kier alpha value is -2.24. The second-order valence-corrected chi connectivity index (χ2v) is 8.20. The molecule has 1 aromatic rings. The molecule has 0 aliphatic heterocycles. The average molecular weight is 341 g/mol. The van der Waals surface area contributed by atoms with Crippen molar-refractivity contribution in [3.63, 3.8) is 0 Å². The van der Waals surface area contributed by atoms with Crippen LogP contribution in [0.5, 0.6) is 0 Å². The minimum atomic E-state index is -0.446. The standard InChI is InChI=1S/C19H23N3O3/c23-18(21-20-12-16-3-1-2-4-17(16)22(24)25)11-19-8-13-5-14(9-19)7-15(6-13)10-19/h1-4,12-15H,5-11H2,(H,21,23). The van der Waals surface area contributed by atoms with Crippen molar-refractivity contribution in [3.8, 4) is 0 Å². The maximum Gasteiger partial charge on any atom is 0.278 e. The van der Waals surface area contributed by atoms with Gasteiger partial charge in [0.15, 0.2) is 0 Å². The second kappa shape index (κ2) is 6.24. The Morgan fingerprint density at radius 3 is 2.40 bits per heavy atom. The lowest BCUT2D eigenvalue weighted by molar-refractivity contribution is -0.385. The summed E-state index contributed by atoms with van der Waals surface area (Å²) in [5.74, 6) is 2.37. The van der Waals surface area contributed by atoms with Crippen LogP contribution in [-0.4, -0.2) is 17.0 Å². The zero-order valence-corrected chi connectivity index (χ0v) is 14.2. The van der Waals surface area contributed by atoms with E-state index in [9.17, 15) is 14.9 Å². The summed E-state index contributed by atoms with van der Waals surface area (Å²) in [4.78, 5) is 22.9. The molecule has 4 aliphatic rings. The Balaban J connectivity index is 1.38. The molecule has 0 saturated heterocycles. The fourth-order valence-corrected chi connectivity index (χ4v) is 5.82. The highest BCUT2D eigenvalue weighted by atomic mass is 16.6. The van der Waals surface area contributed by atoms with Crippen LogP contribution in [0.15, 0.2) is 29.4 Å². The Morgan fingerprint density at radius 1 is 1.20 bits per heavy atom. The first-order chi connectivity index (χ1) is 12.0. The van der Waals surface area contributed by atoms with Crippen LogP contribution >= 0.6 is 0 Å². The molecule has 4 bridgehead atoms. The Labute approximate surface area is 146 Å². The molecule has 0 spiro atoms. The second-order valence-electron chi connectivity index (χ2n) is 8.20. The molecule has 5 rings (SSSR count). The van der Waals surface area contributed by atoms with Crippen molar-refractivity contribution >= 4 is 17.8 Å². The molecule has 4 aliphatic carbocycles. The zero-order chi connectivity index (χ0) is 17.4. The molecule has 1 amide bonds. The van der Waals surface area contributed by atoms with Crippen molar-refractivity contribution in [3.05, 3.63) is 39.9 Å². The number of rotatable bonds is 5. The number of nitrogens with zero attached hydrogens (tertiary/aromatic N) is 2. The van der Waals surface area contributed by atoms with Gasteiger partial charge in [0.1, 0.15) is 0 Å². The van der Waals surface area contributed by atoms with Gasteiger partial charge in [0, 0.05) is 12.5 Å². The van der Waals surface area contributed by atoms with Crippen LogP contribution in [0.3, 0.4) is 0 Å². The first kappa shape index (κ1) is 16.2. The van der Waals surface area contributed by atoms with Crippen molar-refractivity contribution in [1.29, 1.82) is 0 Å². The van der Waals surface area contributed by atoms with Gasteiger partial charge in [-0.25, -0.2) is 5.43 Å². The van der Waals surface area contributed by atoms with Gasteiger partial charge in [0.05, 0.1) is 16.7 Å². The average Bonchev–Trinajstić information content (AvgIpc) is 2.53. The van der Waals surface area contributed by atoms with E-state index in [4.69, 9.17) is 0 Å². The number of nitrogens with one attached hydrogen (secondary N) is 1. The SMILES string of the molecule is O=C(CC12CC3CC(CC(C3)C1)C2)NN=Cc1ccccc1[N+](=O)[O-]. The summed E-state index contributed by atoms with van der Waals surface area (Å²) >= 11 is 0. The Kier molecular flexibility index (Phi) is 4.06. The number of carbonyl (C=O) groups excluding carboxylic acids is 1. The number of nitro groups is 1. The number of hydrogen-bond acceptors (Lipinski definition) is 4. The topological polar surface area (TPSA) is 84.6 Å². The van der Waals surface area contributed by atoms with E-state index in [1.807, 2.05) is 0 Å². The number of benzene rings is 1. The Morgan fingerprint density at radius 2 is 1.80 bits per heavy atom. The summed E-state index contributed by atoms with van der Waals surface area (Å²) in [5, 5.41) is 14.9. The van der Waals surface area contributed by atoms with Gasteiger partial charge in [-0.2, -0.15) is 5.10 Å². The number of nitro benzene ring substituents is 1. The first-order valence-corrected chi connectivity index (χ1v) is 9.08. The van der Waals surface area contributed by atoms with Crippen molar-refractivity contribution in [1.82, 2.24) is 5.43 Å². The summed E-state index contributed by atoms with van der Waals surface area (Å²) in [6.07, 6.45) is 9.51. The fraction of sp³-hybridized carbons (Fsp3) is 0.579. The molecule has 132 valence electrons. The van der Waals surface area contributed by atoms with Crippen LogP contribution in [0.25, 0.3) is 0 Å². The fourth-order valence-electron chi connectivity index (χ4n) is 5.82. The molecule has 4 saturated carbocycles. The largest absolute Gasteiger partial charge is 0.278 e. The van der Waals surface area contributed by atoms with Crippen LogP contribution < -0.4 is 5.43 Å². The third kappa shape index (κ3) is 3.30. The van der Waals surface area contributed by atoms with Crippen LogP contribution in [0, 0.1) is 33.3 Å². The van der Waals surface area contributed by atoms with E-state index in [1.54, 1.807) is 18.2 Å². The molecule has 6 nitrogen and oxygen atoms in total. The van der Waals surface area contributed by atoms with Crippen LogP contribution in [0.1, 0.15) is 50.5 Å². The van der Waals surface area contributed by atoms with Gasteiger partial charge in [-0.3, -0.25) is 14.9 Å². The van der Waals surface area contributed by atoms with Crippen molar-refractivity contribution in [2.45, 2.75) is 44.9 Å². The smallest absolute Gasteiger partial charge is 0.273 e. The van der Waals surface area contributed by atoms with Crippen molar-refractivity contribution in [2.24, 2.45) is 28.3 Å². The van der Waals surface area contributed by atoms with Gasteiger partial charge < -0.3 is 0 Å². The molecule has 0 heterocycles. The van der Waals surface area contributed by atoms with Gasteiger partial charge in [-0.15, -0.1) is 0 Å². The monoisotopic (exact) mass is 341 g/mol. The maximum absolute atomic E-state index is 12.4. The summed E-state index contributed by atoms with van der Waals surface area (Å²) in [7, 11) is 0. The summed E-state index contributed by atoms with van der Waals surface area (Å²) in [6.45, 7) is 0. The van der Waals surface area contributed by atoms with Gasteiger partial charge in [-0.1, -0.05) is 12.1 Å². The molecular formula is C19H23N3O3. The number of hydrogen-bond donors (Lipinski definition) is 1. The number of para-hydroxylation sites is 1. The molecule has 4 fully saturated rings. The van der Waals surface area contributed by atoms with E-state index < -0.39 is 4.92 Å². The molecule has 0 radical (unpaired) electrons. The highest BCUT2D eigenvalue weighted by Crippen LogP contribution is 2.61. The first-order valence-electron chi connectivity index (χ1n) is 9.08. The van der Waals surface area contributed by atoms with Gasteiger partial charge in [0.25, 0.3) is 5.69 Å². The van der Waals surface area contributed by atoms with E-state index >= 15 is 0 Å². The minimum Gasteiger partial charge on any atom is -0.273 e. The van der Waals surface area contributed by atoms with Crippen molar-refractivity contribution in [2.75, 3.05) is 0 Å². The lowest BCUT2D eigenvalue weighted by atomic mass is 9.49. The van der Waals surface area contributed by atoms with Crippen LogP contribution in [0.4, 0.5) is 5.69 Å². The predicted molar refractivity (Wildman–Crippen MR) is 94.1 cm³/mol. The normalized spacial score (nSPS) is 32.9. The molecule has 0 atom stereocenters. The maximum atomic E-state index is 12.4. The summed E-state index contributed by atoms with van der Waals surface area (Å²) < 4.78 is 0. The van der Waals surface area contributed by atoms with E-state index in [0.717, 1.165) is 17.8 Å². The third-order valence-corrected chi connectivity index (χ3v) is 6.23. The van der Waals surface area contributed by atoms with E-state index in [-0.39, 0.29) is 17.0 Å². The molecule has 6 heteroatoms. The molecule has 1 aromatic carbocycles. The highest BCUT2D eigenvalue weighted by Gasteiger charge is 2.51. The Bertz CT molecular complexity index is 693. The molecular weight excluding hydrogens is 318 g/mol. The zero-order valence-electron chi connectivity index (χ0n) is 14.2. The van der Waals surface area contributed by atoms with Gasteiger partial charge in [-0.05, 0) is 67.8 Å². The van der Waals surface area contributed by atoms with Crippen LogP contribution in [-0.2, 0) is 4.79 Å². The lowest BCUT2D eigenvalue weighted by Crippen LogP contribution is -2.47. The summed E-state index contributed by atoms with van der Waals surface area (Å²) in [6, 6.07) is 6.37. The molecule has 1 N–H and O–H groups in total. The van der Waals surface area contributed by atoms with E-state index in [0.29, 0.717) is 12.0 Å². The minimum absolute atomic E-state index is 0.0124. The van der Waals surface area contributed by atoms with Crippen molar-refractivity contribution < 1.29 is 9.72 Å². The highest BCUT2D eigenvalue weighted by molar-refractivity contribution is 5.86. The molecule has 0 unspecified atom stereocenters. The van der Waals surface area contributed by atoms with E-state index in [2.05, 4.69) is 10.5 Å². The van der Waals surface area contributed by atoms with Gasteiger partial charge >= 0.3 is 0 Å². The molecule has 0 aromatic heterocycles. The number of hydrazone groups is 1. The quantitative estimate of drug-likeness (QED) is 0.504. The molecule has 25 heavy (non-hydrogen) atoms. The van der Waals surface area contributed by atoms with Crippen LogP contribution in [0.2, 0.25) is 0 Å². The summed E-state index contributed by atoms with van der Waals surface area (Å²) in [5.41, 5.74) is 3.13.